The van der Waals surface area contributed by atoms with Gasteiger partial charge in [-0.15, -0.1) is 0 Å². The normalized spacial score (nSPS) is 21.6. The summed E-state index contributed by atoms with van der Waals surface area (Å²) < 4.78 is 7.34. The molecule has 0 spiro atoms. The van der Waals surface area contributed by atoms with Crippen molar-refractivity contribution >= 4 is 17.1 Å². The first kappa shape index (κ1) is 22.5. The molecule has 0 bridgehead atoms. The molecule has 5 rings (SSSR count). The van der Waals surface area contributed by atoms with Crippen LogP contribution >= 0.6 is 0 Å². The number of aromatic nitrogens is 3. The Labute approximate surface area is 197 Å². The van der Waals surface area contributed by atoms with E-state index < -0.39 is 11.7 Å². The van der Waals surface area contributed by atoms with E-state index in [-0.39, 0.29) is 11.6 Å². The number of hydrogen-bond donors (Lipinski definition) is 2. The maximum Gasteiger partial charge on any atom is 0.316 e. The third kappa shape index (κ3) is 3.74. The van der Waals surface area contributed by atoms with Gasteiger partial charge in [-0.2, -0.15) is 0 Å². The molecular weight excluding hydrogens is 432 g/mol. The Balaban J connectivity index is 1.74. The Morgan fingerprint density at radius 3 is 2.68 bits per heavy atom. The number of nitrogens with zero attached hydrogens (tertiary/aromatic N) is 4. The zero-order valence-corrected chi connectivity index (χ0v) is 19.4. The van der Waals surface area contributed by atoms with Gasteiger partial charge in [-0.25, -0.2) is 14.8 Å². The van der Waals surface area contributed by atoms with Gasteiger partial charge in [0.1, 0.15) is 5.65 Å². The zero-order chi connectivity index (χ0) is 23.9. The molecule has 3 aromatic rings. The number of ether oxygens (including phenoxy) is 1. The number of primary amides is 1. The quantitative estimate of drug-likeness (QED) is 0.616. The Morgan fingerprint density at radius 2 is 1.94 bits per heavy atom. The van der Waals surface area contributed by atoms with E-state index in [0.717, 1.165) is 29.4 Å². The number of rotatable bonds is 3. The number of aryl methyl sites for hydroxylation is 1. The van der Waals surface area contributed by atoms with Gasteiger partial charge in [-0.3, -0.25) is 14.3 Å². The van der Waals surface area contributed by atoms with Crippen molar-refractivity contribution < 1.29 is 9.53 Å². The highest BCUT2D eigenvalue weighted by Crippen LogP contribution is 2.33. The first-order chi connectivity index (χ1) is 16.4. The summed E-state index contributed by atoms with van der Waals surface area (Å²) in [5.41, 5.74) is 14.1. The van der Waals surface area contributed by atoms with Gasteiger partial charge in [0, 0.05) is 42.9 Å². The fourth-order valence-electron chi connectivity index (χ4n) is 5.22. The number of amides is 2. The fraction of sp³-hybridized carbons (Fsp3) is 0.440. The van der Waals surface area contributed by atoms with Crippen LogP contribution in [0.25, 0.3) is 22.2 Å². The molecule has 0 radical (unpaired) electrons. The topological polar surface area (TPSA) is 129 Å². The number of nitrogens with two attached hydrogens (primary N) is 2. The van der Waals surface area contributed by atoms with Crippen LogP contribution in [0.5, 0.6) is 0 Å². The number of likely N-dealkylation sites (tertiary alicyclic amines) is 1. The lowest BCUT2D eigenvalue weighted by molar-refractivity contribution is 0.0691. The standard InChI is InChI=1S/C25H30N6O3/c1-16-6-2-3-7-19(16)20-14-17-15-28-23(25(27)10-4-5-11-30(25)24(26)33)29-21(17)31(22(20)32)18-8-12-34-13-9-18/h2-3,6-7,14-15,18H,4-5,8-13,27H2,1H3,(H2,26,33). The Morgan fingerprint density at radius 1 is 1.18 bits per heavy atom. The van der Waals surface area contributed by atoms with Crippen molar-refractivity contribution in [2.75, 3.05) is 19.8 Å². The summed E-state index contributed by atoms with van der Waals surface area (Å²) in [6, 6.07) is 9.06. The van der Waals surface area contributed by atoms with Crippen LogP contribution in [-0.2, 0) is 10.4 Å². The number of pyridine rings is 1. The molecular formula is C25H30N6O3. The number of carbonyl (C=O) groups excluding carboxylic acids is 1. The van der Waals surface area contributed by atoms with Crippen molar-refractivity contribution in [3.8, 4) is 11.1 Å². The van der Waals surface area contributed by atoms with Gasteiger partial charge in [-0.05, 0) is 56.2 Å². The molecule has 0 saturated carbocycles. The van der Waals surface area contributed by atoms with Gasteiger partial charge in [-0.1, -0.05) is 24.3 Å². The first-order valence-corrected chi connectivity index (χ1v) is 11.8. The predicted molar refractivity (Wildman–Crippen MR) is 129 cm³/mol. The summed E-state index contributed by atoms with van der Waals surface area (Å²) in [5.74, 6) is 0.308. The predicted octanol–water partition coefficient (Wildman–Crippen LogP) is 2.79. The third-order valence-electron chi connectivity index (χ3n) is 7.09. The van der Waals surface area contributed by atoms with E-state index in [1.807, 2.05) is 37.3 Å². The van der Waals surface area contributed by atoms with Crippen LogP contribution in [-0.4, -0.2) is 45.2 Å². The molecule has 9 nitrogen and oxygen atoms in total. The van der Waals surface area contributed by atoms with Crippen LogP contribution in [0.1, 0.15) is 49.5 Å². The molecule has 178 valence electrons. The Bertz CT molecular complexity index is 1300. The van der Waals surface area contributed by atoms with Crippen molar-refractivity contribution in [1.29, 1.82) is 0 Å². The summed E-state index contributed by atoms with van der Waals surface area (Å²) in [6.45, 7) is 3.62. The first-order valence-electron chi connectivity index (χ1n) is 11.8. The van der Waals surface area contributed by atoms with Crippen LogP contribution in [0.15, 0.2) is 41.3 Å². The summed E-state index contributed by atoms with van der Waals surface area (Å²) in [4.78, 5) is 36.9. The smallest absolute Gasteiger partial charge is 0.316 e. The van der Waals surface area contributed by atoms with E-state index in [9.17, 15) is 9.59 Å². The van der Waals surface area contributed by atoms with Crippen molar-refractivity contribution in [3.63, 3.8) is 0 Å². The molecule has 1 atom stereocenters. The number of fused-ring (bicyclic) bond motifs is 1. The molecule has 34 heavy (non-hydrogen) atoms. The molecule has 2 amide bonds. The van der Waals surface area contributed by atoms with Crippen molar-refractivity contribution in [2.24, 2.45) is 11.5 Å². The minimum atomic E-state index is -1.20. The van der Waals surface area contributed by atoms with Gasteiger partial charge < -0.3 is 16.2 Å². The monoisotopic (exact) mass is 462 g/mol. The molecule has 2 aliphatic rings. The number of benzene rings is 1. The van der Waals surface area contributed by atoms with E-state index in [1.165, 1.54) is 4.90 Å². The molecule has 1 unspecified atom stereocenters. The van der Waals surface area contributed by atoms with E-state index in [0.29, 0.717) is 56.1 Å². The summed E-state index contributed by atoms with van der Waals surface area (Å²) in [6.07, 6.45) is 5.30. The summed E-state index contributed by atoms with van der Waals surface area (Å²) in [5, 5.41) is 0.748. The van der Waals surface area contributed by atoms with Crippen molar-refractivity contribution in [2.45, 2.75) is 50.7 Å². The SMILES string of the molecule is Cc1ccccc1-c1cc2cnc(C3(N)CCCCN3C(N)=O)nc2n(C2CCOCC2)c1=O. The second-order valence-corrected chi connectivity index (χ2v) is 9.24. The third-order valence-corrected chi connectivity index (χ3v) is 7.09. The minimum absolute atomic E-state index is 0.0530. The Hall–Kier alpha value is -3.30. The molecule has 9 heteroatoms. The second-order valence-electron chi connectivity index (χ2n) is 9.24. The van der Waals surface area contributed by atoms with Crippen LogP contribution in [0.2, 0.25) is 0 Å². The molecule has 0 aliphatic carbocycles. The number of urea groups is 1. The lowest BCUT2D eigenvalue weighted by atomic mass is 9.95. The highest BCUT2D eigenvalue weighted by Gasteiger charge is 2.42. The molecule has 4 heterocycles. The van der Waals surface area contributed by atoms with Crippen LogP contribution < -0.4 is 17.0 Å². The van der Waals surface area contributed by atoms with E-state index in [4.69, 9.17) is 21.2 Å². The van der Waals surface area contributed by atoms with Crippen molar-refractivity contribution in [3.05, 3.63) is 58.3 Å². The minimum Gasteiger partial charge on any atom is -0.381 e. The maximum absolute atomic E-state index is 13.9. The fourth-order valence-corrected chi connectivity index (χ4v) is 5.22. The molecule has 4 N–H and O–H groups in total. The summed E-state index contributed by atoms with van der Waals surface area (Å²) >= 11 is 0. The van der Waals surface area contributed by atoms with Crippen LogP contribution in [0, 0.1) is 6.92 Å². The van der Waals surface area contributed by atoms with Crippen LogP contribution in [0.3, 0.4) is 0 Å². The average molecular weight is 463 g/mol. The van der Waals surface area contributed by atoms with Gasteiger partial charge in [0.2, 0.25) is 0 Å². The van der Waals surface area contributed by atoms with Gasteiger partial charge >= 0.3 is 6.03 Å². The van der Waals surface area contributed by atoms with Gasteiger partial charge in [0.15, 0.2) is 11.5 Å². The van der Waals surface area contributed by atoms with Gasteiger partial charge in [0.25, 0.3) is 5.56 Å². The van der Waals surface area contributed by atoms with Crippen LogP contribution in [0.4, 0.5) is 4.79 Å². The number of hydrogen-bond acceptors (Lipinski definition) is 6. The largest absolute Gasteiger partial charge is 0.381 e. The summed E-state index contributed by atoms with van der Waals surface area (Å²) in [7, 11) is 0. The van der Waals surface area contributed by atoms with E-state index in [1.54, 1.807) is 10.8 Å². The lowest BCUT2D eigenvalue weighted by Gasteiger charge is -2.42. The zero-order valence-electron chi connectivity index (χ0n) is 19.4. The molecule has 2 aliphatic heterocycles. The molecule has 2 saturated heterocycles. The molecule has 2 fully saturated rings. The highest BCUT2D eigenvalue weighted by molar-refractivity contribution is 5.82. The second kappa shape index (κ2) is 8.81. The lowest BCUT2D eigenvalue weighted by Crippen LogP contribution is -2.60. The molecule has 1 aromatic carbocycles. The maximum atomic E-state index is 13.9. The average Bonchev–Trinajstić information content (AvgIpc) is 2.84. The van der Waals surface area contributed by atoms with E-state index >= 15 is 0 Å². The number of piperidine rings is 1. The van der Waals surface area contributed by atoms with E-state index in [2.05, 4.69) is 4.98 Å². The number of carbonyl (C=O) groups is 1. The van der Waals surface area contributed by atoms with Crippen molar-refractivity contribution in [1.82, 2.24) is 19.4 Å². The van der Waals surface area contributed by atoms with Gasteiger partial charge in [0.05, 0.1) is 0 Å². The highest BCUT2D eigenvalue weighted by atomic mass is 16.5. The molecule has 2 aromatic heterocycles. The Kier molecular flexibility index (Phi) is 5.83.